The molecule has 0 aliphatic carbocycles. The van der Waals surface area contributed by atoms with Crippen LogP contribution in [0.2, 0.25) is 5.02 Å². The maximum absolute atomic E-state index is 12.5. The van der Waals surface area contributed by atoms with Crippen molar-refractivity contribution in [2.24, 2.45) is 0 Å². The summed E-state index contributed by atoms with van der Waals surface area (Å²) >= 11 is 5.88. The zero-order chi connectivity index (χ0) is 19.2. The number of amides is 1. The number of aromatic nitrogens is 2. The smallest absolute Gasteiger partial charge is 0.274 e. The van der Waals surface area contributed by atoms with Crippen molar-refractivity contribution in [3.8, 4) is 0 Å². The second kappa shape index (κ2) is 8.64. The number of benzene rings is 2. The number of hydrogen-bond donors (Lipinski definition) is 1. The molecule has 6 heteroatoms. The van der Waals surface area contributed by atoms with Gasteiger partial charge in [-0.05, 0) is 43.7 Å². The van der Waals surface area contributed by atoms with Gasteiger partial charge in [-0.15, -0.1) is 0 Å². The van der Waals surface area contributed by atoms with Crippen molar-refractivity contribution in [1.29, 1.82) is 0 Å². The Bertz CT molecular complexity index is 898. The number of anilines is 2. The zero-order valence-corrected chi connectivity index (χ0v) is 16.0. The summed E-state index contributed by atoms with van der Waals surface area (Å²) in [6, 6.07) is 19.0. The summed E-state index contributed by atoms with van der Waals surface area (Å²) in [7, 11) is 0. The number of halogens is 1. The molecule has 0 unspecified atom stereocenters. The van der Waals surface area contributed by atoms with Gasteiger partial charge in [-0.1, -0.05) is 41.9 Å². The minimum Gasteiger partial charge on any atom is -0.350 e. The number of rotatable bonds is 6. The number of hydrogen-bond acceptors (Lipinski definition) is 4. The molecule has 5 nitrogen and oxygen atoms in total. The van der Waals surface area contributed by atoms with Gasteiger partial charge in [-0.2, -0.15) is 0 Å². The fourth-order valence-corrected chi connectivity index (χ4v) is 2.79. The first-order chi connectivity index (χ1) is 13.0. The SMILES string of the molecule is CC(C)N(Cc1ccccc1)c1cc(C(=O)Nc2ccc(Cl)cc2)ncn1. The molecule has 0 spiro atoms. The molecule has 1 aromatic heterocycles. The molecule has 3 aromatic rings. The third-order valence-corrected chi connectivity index (χ3v) is 4.35. The van der Waals surface area contributed by atoms with Crippen molar-refractivity contribution < 1.29 is 4.79 Å². The summed E-state index contributed by atoms with van der Waals surface area (Å²) < 4.78 is 0. The molecule has 0 saturated heterocycles. The summed E-state index contributed by atoms with van der Waals surface area (Å²) in [6.45, 7) is 4.89. The van der Waals surface area contributed by atoms with Gasteiger partial charge in [-0.25, -0.2) is 9.97 Å². The Morgan fingerprint density at radius 2 is 1.78 bits per heavy atom. The number of carbonyl (C=O) groups excluding carboxylic acids is 1. The monoisotopic (exact) mass is 380 g/mol. The predicted molar refractivity (Wildman–Crippen MR) is 109 cm³/mol. The standard InChI is InChI=1S/C21H21ClN4O/c1-15(2)26(13-16-6-4-3-5-7-16)20-12-19(23-14-24-20)21(27)25-18-10-8-17(22)9-11-18/h3-12,14-15H,13H2,1-2H3,(H,25,27). The van der Waals surface area contributed by atoms with E-state index in [4.69, 9.17) is 11.6 Å². The zero-order valence-electron chi connectivity index (χ0n) is 15.3. The quantitative estimate of drug-likeness (QED) is 0.667. The van der Waals surface area contributed by atoms with E-state index in [2.05, 4.69) is 46.2 Å². The van der Waals surface area contributed by atoms with Crippen LogP contribution in [-0.4, -0.2) is 21.9 Å². The second-order valence-corrected chi connectivity index (χ2v) is 6.87. The van der Waals surface area contributed by atoms with Crippen LogP contribution >= 0.6 is 11.6 Å². The van der Waals surface area contributed by atoms with E-state index < -0.39 is 0 Å². The van der Waals surface area contributed by atoms with E-state index in [-0.39, 0.29) is 11.9 Å². The van der Waals surface area contributed by atoms with Gasteiger partial charge in [0.1, 0.15) is 17.8 Å². The number of nitrogens with one attached hydrogen (secondary N) is 1. The maximum atomic E-state index is 12.5. The molecule has 27 heavy (non-hydrogen) atoms. The molecule has 1 amide bonds. The minimum absolute atomic E-state index is 0.215. The lowest BCUT2D eigenvalue weighted by Crippen LogP contribution is -2.31. The molecular weight excluding hydrogens is 360 g/mol. The summed E-state index contributed by atoms with van der Waals surface area (Å²) in [5, 5.41) is 3.44. The topological polar surface area (TPSA) is 58.1 Å². The molecule has 1 heterocycles. The highest BCUT2D eigenvalue weighted by Gasteiger charge is 2.16. The normalized spacial score (nSPS) is 10.7. The molecule has 0 aliphatic rings. The van der Waals surface area contributed by atoms with Gasteiger partial charge in [0.25, 0.3) is 5.91 Å². The Hall–Kier alpha value is -2.92. The van der Waals surface area contributed by atoms with Gasteiger partial charge in [-0.3, -0.25) is 4.79 Å². The van der Waals surface area contributed by atoms with Gasteiger partial charge in [0, 0.05) is 29.4 Å². The summed E-state index contributed by atoms with van der Waals surface area (Å²) in [4.78, 5) is 23.2. The lowest BCUT2D eigenvalue weighted by Gasteiger charge is -2.28. The van der Waals surface area contributed by atoms with E-state index in [1.165, 1.54) is 11.9 Å². The van der Waals surface area contributed by atoms with E-state index in [1.54, 1.807) is 30.3 Å². The highest BCUT2D eigenvalue weighted by Crippen LogP contribution is 2.19. The van der Waals surface area contributed by atoms with Crippen LogP contribution in [0, 0.1) is 0 Å². The van der Waals surface area contributed by atoms with E-state index >= 15 is 0 Å². The van der Waals surface area contributed by atoms with Gasteiger partial charge >= 0.3 is 0 Å². The van der Waals surface area contributed by atoms with Crippen molar-refractivity contribution in [1.82, 2.24) is 9.97 Å². The van der Waals surface area contributed by atoms with Gasteiger partial charge < -0.3 is 10.2 Å². The van der Waals surface area contributed by atoms with Crippen LogP contribution in [0.3, 0.4) is 0 Å². The van der Waals surface area contributed by atoms with Crippen molar-refractivity contribution in [2.45, 2.75) is 26.4 Å². The molecule has 1 N–H and O–H groups in total. The Balaban J connectivity index is 1.80. The average molecular weight is 381 g/mol. The molecule has 0 atom stereocenters. The minimum atomic E-state index is -0.288. The van der Waals surface area contributed by atoms with Crippen molar-refractivity contribution in [3.63, 3.8) is 0 Å². The van der Waals surface area contributed by atoms with Gasteiger partial charge in [0.2, 0.25) is 0 Å². The Labute approximate surface area is 164 Å². The van der Waals surface area contributed by atoms with Crippen molar-refractivity contribution >= 4 is 29.0 Å². The molecule has 0 bridgehead atoms. The lowest BCUT2D eigenvalue weighted by atomic mass is 10.2. The average Bonchev–Trinajstić information content (AvgIpc) is 2.68. The first-order valence-electron chi connectivity index (χ1n) is 8.72. The van der Waals surface area contributed by atoms with Crippen molar-refractivity contribution in [2.75, 3.05) is 10.2 Å². The van der Waals surface area contributed by atoms with Gasteiger partial charge in [0.05, 0.1) is 0 Å². The van der Waals surface area contributed by atoms with E-state index in [0.717, 1.165) is 0 Å². The first kappa shape index (κ1) is 18.9. The first-order valence-corrected chi connectivity index (χ1v) is 9.10. The Morgan fingerprint density at radius 1 is 1.07 bits per heavy atom. The summed E-state index contributed by atoms with van der Waals surface area (Å²) in [5.41, 5.74) is 2.15. The molecule has 0 aliphatic heterocycles. The van der Waals surface area contributed by atoms with Crippen LogP contribution < -0.4 is 10.2 Å². The largest absolute Gasteiger partial charge is 0.350 e. The predicted octanol–water partition coefficient (Wildman–Crippen LogP) is 4.80. The highest BCUT2D eigenvalue weighted by molar-refractivity contribution is 6.30. The summed E-state index contributed by atoms with van der Waals surface area (Å²) in [5.74, 6) is 0.425. The molecule has 0 radical (unpaired) electrons. The Morgan fingerprint density at radius 3 is 2.44 bits per heavy atom. The van der Waals surface area contributed by atoms with Crippen molar-refractivity contribution in [3.05, 3.63) is 83.3 Å². The third-order valence-electron chi connectivity index (χ3n) is 4.10. The molecule has 2 aromatic carbocycles. The van der Waals surface area contributed by atoms with Crippen LogP contribution in [0.5, 0.6) is 0 Å². The Kier molecular flexibility index (Phi) is 6.04. The third kappa shape index (κ3) is 5.05. The second-order valence-electron chi connectivity index (χ2n) is 6.43. The fourth-order valence-electron chi connectivity index (χ4n) is 2.66. The molecular formula is C21H21ClN4O. The lowest BCUT2D eigenvalue weighted by molar-refractivity contribution is 0.102. The number of nitrogens with zero attached hydrogens (tertiary/aromatic N) is 3. The van der Waals surface area contributed by atoms with Gasteiger partial charge in [0.15, 0.2) is 0 Å². The van der Waals surface area contributed by atoms with E-state index in [1.807, 2.05) is 18.2 Å². The summed E-state index contributed by atoms with van der Waals surface area (Å²) in [6.07, 6.45) is 1.42. The van der Waals surface area contributed by atoms with Crippen LogP contribution in [0.15, 0.2) is 67.0 Å². The van der Waals surface area contributed by atoms with E-state index in [0.29, 0.717) is 28.8 Å². The van der Waals surface area contributed by atoms with Crippen LogP contribution in [0.4, 0.5) is 11.5 Å². The highest BCUT2D eigenvalue weighted by atomic mass is 35.5. The molecule has 0 saturated carbocycles. The van der Waals surface area contributed by atoms with E-state index in [9.17, 15) is 4.79 Å². The van der Waals surface area contributed by atoms with Crippen LogP contribution in [0.1, 0.15) is 29.9 Å². The number of carbonyl (C=O) groups is 1. The fraction of sp³-hybridized carbons (Fsp3) is 0.190. The maximum Gasteiger partial charge on any atom is 0.274 e. The van der Waals surface area contributed by atoms with Crippen LogP contribution in [0.25, 0.3) is 0 Å². The van der Waals surface area contributed by atoms with Crippen LogP contribution in [-0.2, 0) is 6.54 Å². The molecule has 138 valence electrons. The molecule has 3 rings (SSSR count). The molecule has 0 fully saturated rings.